The van der Waals surface area contributed by atoms with E-state index in [2.05, 4.69) is 5.32 Å². The standard InChI is InChI=1S/C17H23NO5S/c1-10(19)18-14-13(15(20)23-16(2,3)4)11-5-6-17(9-12(11)24-14)21-7-8-22-17/h5-9H2,1-4H3,(H,18,19). The number of carbonyl (C=O) groups excluding carboxylic acids is 2. The first kappa shape index (κ1) is 17.4. The van der Waals surface area contributed by atoms with Gasteiger partial charge in [0.15, 0.2) is 5.79 Å². The maximum atomic E-state index is 12.7. The molecular weight excluding hydrogens is 330 g/mol. The fourth-order valence-corrected chi connectivity index (χ4v) is 4.47. The van der Waals surface area contributed by atoms with Crippen molar-refractivity contribution in [3.05, 3.63) is 16.0 Å². The second-order valence-electron chi connectivity index (χ2n) is 7.18. The van der Waals surface area contributed by atoms with Crippen LogP contribution in [0.1, 0.15) is 54.9 Å². The number of hydrogen-bond acceptors (Lipinski definition) is 6. The average molecular weight is 353 g/mol. The van der Waals surface area contributed by atoms with E-state index in [1.165, 1.54) is 18.3 Å². The van der Waals surface area contributed by atoms with E-state index >= 15 is 0 Å². The predicted molar refractivity (Wildman–Crippen MR) is 90.5 cm³/mol. The molecule has 1 aliphatic carbocycles. The van der Waals surface area contributed by atoms with Crippen LogP contribution >= 0.6 is 11.3 Å². The van der Waals surface area contributed by atoms with Crippen molar-refractivity contribution < 1.29 is 23.8 Å². The zero-order valence-corrected chi connectivity index (χ0v) is 15.3. The second kappa shape index (κ2) is 6.13. The topological polar surface area (TPSA) is 73.9 Å². The van der Waals surface area contributed by atoms with Crippen LogP contribution in [-0.2, 0) is 31.8 Å². The maximum Gasteiger partial charge on any atom is 0.341 e. The molecule has 1 saturated heterocycles. The van der Waals surface area contributed by atoms with Crippen LogP contribution in [0.5, 0.6) is 0 Å². The summed E-state index contributed by atoms with van der Waals surface area (Å²) in [6.07, 6.45) is 1.97. The Balaban J connectivity index is 1.96. The molecule has 0 radical (unpaired) electrons. The van der Waals surface area contributed by atoms with E-state index < -0.39 is 17.4 Å². The Morgan fingerprint density at radius 3 is 2.50 bits per heavy atom. The highest BCUT2D eigenvalue weighted by atomic mass is 32.1. The van der Waals surface area contributed by atoms with Gasteiger partial charge in [0, 0.05) is 24.6 Å². The van der Waals surface area contributed by atoms with E-state index in [1.807, 2.05) is 20.8 Å². The van der Waals surface area contributed by atoms with Crippen molar-refractivity contribution in [1.29, 1.82) is 0 Å². The summed E-state index contributed by atoms with van der Waals surface area (Å²) >= 11 is 1.41. The van der Waals surface area contributed by atoms with Gasteiger partial charge in [0.25, 0.3) is 0 Å². The largest absolute Gasteiger partial charge is 0.456 e. The van der Waals surface area contributed by atoms with Gasteiger partial charge in [0.1, 0.15) is 10.6 Å². The second-order valence-corrected chi connectivity index (χ2v) is 8.28. The van der Waals surface area contributed by atoms with Crippen molar-refractivity contribution in [3.8, 4) is 0 Å². The number of fused-ring (bicyclic) bond motifs is 1. The van der Waals surface area contributed by atoms with Crippen LogP contribution in [0, 0.1) is 0 Å². The maximum absolute atomic E-state index is 12.7. The Bertz CT molecular complexity index is 667. The van der Waals surface area contributed by atoms with Crippen LogP contribution in [0.25, 0.3) is 0 Å². The summed E-state index contributed by atoms with van der Waals surface area (Å²) in [5.74, 6) is -1.18. The minimum Gasteiger partial charge on any atom is -0.456 e. The van der Waals surface area contributed by atoms with Gasteiger partial charge in [-0.25, -0.2) is 4.79 Å². The molecule has 1 aromatic heterocycles. The summed E-state index contributed by atoms with van der Waals surface area (Å²) in [7, 11) is 0. The molecule has 2 heterocycles. The molecule has 7 heteroatoms. The first-order valence-corrected chi connectivity index (χ1v) is 8.94. The first-order chi connectivity index (χ1) is 11.2. The third kappa shape index (κ3) is 3.48. The Labute approximate surface area is 145 Å². The lowest BCUT2D eigenvalue weighted by molar-refractivity contribution is -0.163. The molecule has 0 bridgehead atoms. The van der Waals surface area contributed by atoms with Crippen molar-refractivity contribution in [3.63, 3.8) is 0 Å². The summed E-state index contributed by atoms with van der Waals surface area (Å²) in [4.78, 5) is 25.2. The SMILES string of the molecule is CC(=O)Nc1sc2c(c1C(=O)OC(C)(C)C)CCC1(C2)OCCO1. The van der Waals surface area contributed by atoms with Crippen molar-refractivity contribution in [2.45, 2.75) is 58.3 Å². The Kier molecular flexibility index (Phi) is 4.44. The smallest absolute Gasteiger partial charge is 0.341 e. The molecule has 0 atom stereocenters. The minimum absolute atomic E-state index is 0.207. The van der Waals surface area contributed by atoms with Crippen LogP contribution in [0.15, 0.2) is 0 Å². The summed E-state index contributed by atoms with van der Waals surface area (Å²) in [5.41, 5.74) is 0.836. The predicted octanol–water partition coefficient (Wildman–Crippen LogP) is 2.89. The van der Waals surface area contributed by atoms with E-state index in [0.29, 0.717) is 43.0 Å². The Morgan fingerprint density at radius 2 is 1.92 bits per heavy atom. The van der Waals surface area contributed by atoms with Crippen molar-refractivity contribution in [2.24, 2.45) is 0 Å². The van der Waals surface area contributed by atoms with E-state index in [9.17, 15) is 9.59 Å². The molecule has 0 saturated carbocycles. The zero-order chi connectivity index (χ0) is 17.5. The number of carbonyl (C=O) groups is 2. The van der Waals surface area contributed by atoms with Crippen LogP contribution in [0.3, 0.4) is 0 Å². The van der Waals surface area contributed by atoms with E-state index in [4.69, 9.17) is 14.2 Å². The van der Waals surface area contributed by atoms with Crippen LogP contribution in [0.2, 0.25) is 0 Å². The van der Waals surface area contributed by atoms with Gasteiger partial charge in [-0.3, -0.25) is 4.79 Å². The summed E-state index contributed by atoms with van der Waals surface area (Å²) < 4.78 is 17.1. The lowest BCUT2D eigenvalue weighted by atomic mass is 9.90. The number of hydrogen-bond donors (Lipinski definition) is 1. The van der Waals surface area contributed by atoms with Crippen LogP contribution in [0.4, 0.5) is 5.00 Å². The number of anilines is 1. The molecule has 2 aliphatic rings. The highest BCUT2D eigenvalue weighted by molar-refractivity contribution is 7.17. The highest BCUT2D eigenvalue weighted by Gasteiger charge is 2.43. The summed E-state index contributed by atoms with van der Waals surface area (Å²) in [6, 6.07) is 0. The van der Waals surface area contributed by atoms with E-state index in [0.717, 1.165) is 10.4 Å². The number of nitrogens with one attached hydrogen (secondary N) is 1. The molecule has 1 spiro atoms. The number of rotatable bonds is 2. The highest BCUT2D eigenvalue weighted by Crippen LogP contribution is 2.44. The molecule has 1 N–H and O–H groups in total. The molecule has 132 valence electrons. The fourth-order valence-electron chi connectivity index (χ4n) is 3.10. The zero-order valence-electron chi connectivity index (χ0n) is 14.5. The molecule has 0 unspecified atom stereocenters. The molecule has 3 rings (SSSR count). The fraction of sp³-hybridized carbons (Fsp3) is 0.647. The van der Waals surface area contributed by atoms with Gasteiger partial charge in [-0.05, 0) is 32.8 Å². The van der Waals surface area contributed by atoms with Gasteiger partial charge >= 0.3 is 5.97 Å². The summed E-state index contributed by atoms with van der Waals surface area (Å²) in [5, 5.41) is 3.33. The van der Waals surface area contributed by atoms with E-state index in [-0.39, 0.29) is 5.91 Å². The number of thiophene rings is 1. The molecule has 24 heavy (non-hydrogen) atoms. The van der Waals surface area contributed by atoms with Gasteiger partial charge in [0.2, 0.25) is 5.91 Å². The average Bonchev–Trinajstić information content (AvgIpc) is 3.00. The molecule has 6 nitrogen and oxygen atoms in total. The minimum atomic E-state index is -0.590. The molecule has 1 amide bonds. The lowest BCUT2D eigenvalue weighted by Crippen LogP contribution is -2.36. The van der Waals surface area contributed by atoms with Gasteiger partial charge in [-0.15, -0.1) is 11.3 Å². The molecule has 0 aromatic carbocycles. The van der Waals surface area contributed by atoms with Gasteiger partial charge in [0.05, 0.1) is 18.8 Å². The normalized spacial score (nSPS) is 19.2. The molecule has 1 aliphatic heterocycles. The first-order valence-electron chi connectivity index (χ1n) is 8.12. The van der Waals surface area contributed by atoms with Crippen LogP contribution < -0.4 is 5.32 Å². The third-order valence-electron chi connectivity index (χ3n) is 3.98. The molecule has 1 aromatic rings. The van der Waals surface area contributed by atoms with Gasteiger partial charge in [-0.1, -0.05) is 0 Å². The summed E-state index contributed by atoms with van der Waals surface area (Å²) in [6.45, 7) is 8.11. The van der Waals surface area contributed by atoms with Gasteiger partial charge in [-0.2, -0.15) is 0 Å². The number of amides is 1. The van der Waals surface area contributed by atoms with Crippen molar-refractivity contribution in [1.82, 2.24) is 0 Å². The number of ether oxygens (including phenoxy) is 3. The van der Waals surface area contributed by atoms with Crippen LogP contribution in [-0.4, -0.2) is 36.5 Å². The molecular formula is C17H23NO5S. The third-order valence-corrected chi connectivity index (χ3v) is 5.13. The number of esters is 1. The van der Waals surface area contributed by atoms with E-state index in [1.54, 1.807) is 0 Å². The Morgan fingerprint density at radius 1 is 1.25 bits per heavy atom. The van der Waals surface area contributed by atoms with Gasteiger partial charge < -0.3 is 19.5 Å². The lowest BCUT2D eigenvalue weighted by Gasteiger charge is -2.31. The molecule has 1 fully saturated rings. The monoisotopic (exact) mass is 353 g/mol. The Hall–Kier alpha value is -1.44. The quantitative estimate of drug-likeness (QED) is 0.828. The van der Waals surface area contributed by atoms with Crippen molar-refractivity contribution >= 4 is 28.2 Å². The van der Waals surface area contributed by atoms with Crippen molar-refractivity contribution in [2.75, 3.05) is 18.5 Å².